The first-order valence-electron chi connectivity index (χ1n) is 8.43. The van der Waals surface area contributed by atoms with Gasteiger partial charge in [0.15, 0.2) is 11.6 Å². The quantitative estimate of drug-likeness (QED) is 0.302. The third kappa shape index (κ3) is 5.45. The molecular formula is C19H24F2O2. The Morgan fingerprint density at radius 1 is 1.22 bits per heavy atom. The number of esters is 1. The summed E-state index contributed by atoms with van der Waals surface area (Å²) in [4.78, 5) is 12.1. The Kier molecular flexibility index (Phi) is 6.75. The molecule has 0 N–H and O–H groups in total. The number of unbranched alkanes of at least 4 members (excludes halogenated alkanes) is 2. The zero-order chi connectivity index (χ0) is 16.7. The van der Waals surface area contributed by atoms with E-state index in [1.807, 2.05) is 0 Å². The molecule has 0 bridgehead atoms. The molecule has 1 aromatic rings. The number of allylic oxidation sites excluding steroid dienone is 2. The molecule has 0 heterocycles. The van der Waals surface area contributed by atoms with E-state index in [2.05, 4.69) is 19.1 Å². The molecule has 1 fully saturated rings. The highest BCUT2D eigenvalue weighted by molar-refractivity contribution is 5.75. The smallest absolute Gasteiger partial charge is 0.314 e. The van der Waals surface area contributed by atoms with Gasteiger partial charge in [0.1, 0.15) is 5.75 Å². The SMILES string of the molecule is CCCC/C=C/[C@H]1CC[C@H](C(=O)Oc2ccc(F)c(F)c2)CC1. The first-order chi connectivity index (χ1) is 11.1. The molecule has 4 heteroatoms. The van der Waals surface area contributed by atoms with Crippen LogP contribution in [0, 0.1) is 23.5 Å². The highest BCUT2D eigenvalue weighted by Crippen LogP contribution is 2.31. The molecule has 0 aliphatic heterocycles. The van der Waals surface area contributed by atoms with E-state index in [1.54, 1.807) is 0 Å². The number of rotatable bonds is 6. The number of ether oxygens (including phenoxy) is 1. The molecule has 0 atom stereocenters. The van der Waals surface area contributed by atoms with Gasteiger partial charge < -0.3 is 4.74 Å². The Labute approximate surface area is 136 Å². The maximum Gasteiger partial charge on any atom is 0.314 e. The van der Waals surface area contributed by atoms with Crippen LogP contribution in [0.2, 0.25) is 0 Å². The lowest BCUT2D eigenvalue weighted by molar-refractivity contribution is -0.140. The fourth-order valence-corrected chi connectivity index (χ4v) is 2.90. The Balaban J connectivity index is 1.79. The fraction of sp³-hybridized carbons (Fsp3) is 0.526. The highest BCUT2D eigenvalue weighted by atomic mass is 19.2. The molecule has 1 aliphatic rings. The number of carbonyl (C=O) groups excluding carboxylic acids is 1. The van der Waals surface area contributed by atoms with E-state index in [0.717, 1.165) is 44.2 Å². The molecule has 0 spiro atoms. The maximum absolute atomic E-state index is 13.1. The van der Waals surface area contributed by atoms with Crippen LogP contribution in [-0.4, -0.2) is 5.97 Å². The zero-order valence-electron chi connectivity index (χ0n) is 13.6. The number of halogens is 2. The first-order valence-corrected chi connectivity index (χ1v) is 8.43. The van der Waals surface area contributed by atoms with Crippen LogP contribution in [-0.2, 0) is 4.79 Å². The maximum atomic E-state index is 13.1. The van der Waals surface area contributed by atoms with Gasteiger partial charge in [0.05, 0.1) is 5.92 Å². The summed E-state index contributed by atoms with van der Waals surface area (Å²) < 4.78 is 31.2. The van der Waals surface area contributed by atoms with Gasteiger partial charge in [-0.2, -0.15) is 0 Å². The number of carbonyl (C=O) groups is 1. The summed E-state index contributed by atoms with van der Waals surface area (Å²) in [6.07, 6.45) is 11.6. The van der Waals surface area contributed by atoms with Gasteiger partial charge in [-0.1, -0.05) is 31.9 Å². The molecule has 0 amide bonds. The van der Waals surface area contributed by atoms with Crippen LogP contribution in [0.5, 0.6) is 5.75 Å². The molecule has 1 aliphatic carbocycles. The first kappa shape index (κ1) is 17.6. The third-order valence-electron chi connectivity index (χ3n) is 4.35. The predicted molar refractivity (Wildman–Crippen MR) is 86.1 cm³/mol. The molecule has 2 rings (SSSR count). The van der Waals surface area contributed by atoms with E-state index in [9.17, 15) is 13.6 Å². The van der Waals surface area contributed by atoms with E-state index < -0.39 is 11.6 Å². The van der Waals surface area contributed by atoms with Crippen molar-refractivity contribution in [1.29, 1.82) is 0 Å². The van der Waals surface area contributed by atoms with Crippen molar-refractivity contribution >= 4 is 5.97 Å². The zero-order valence-corrected chi connectivity index (χ0v) is 13.6. The lowest BCUT2D eigenvalue weighted by Gasteiger charge is -2.25. The monoisotopic (exact) mass is 322 g/mol. The van der Waals surface area contributed by atoms with E-state index in [4.69, 9.17) is 4.74 Å². The summed E-state index contributed by atoms with van der Waals surface area (Å²) in [6.45, 7) is 2.18. The fourth-order valence-electron chi connectivity index (χ4n) is 2.90. The summed E-state index contributed by atoms with van der Waals surface area (Å²) in [7, 11) is 0. The van der Waals surface area contributed by atoms with Crippen LogP contribution in [0.3, 0.4) is 0 Å². The van der Waals surface area contributed by atoms with Crippen molar-refractivity contribution in [2.24, 2.45) is 11.8 Å². The van der Waals surface area contributed by atoms with E-state index in [1.165, 1.54) is 18.9 Å². The number of hydrogen-bond donors (Lipinski definition) is 0. The second-order valence-corrected chi connectivity index (χ2v) is 6.18. The minimum atomic E-state index is -1.00. The Bertz CT molecular complexity index is 546. The lowest BCUT2D eigenvalue weighted by Crippen LogP contribution is -2.25. The van der Waals surface area contributed by atoms with Gasteiger partial charge in [0.2, 0.25) is 0 Å². The molecule has 2 nitrogen and oxygen atoms in total. The van der Waals surface area contributed by atoms with Crippen LogP contribution in [0.1, 0.15) is 51.9 Å². The topological polar surface area (TPSA) is 26.3 Å². The summed E-state index contributed by atoms with van der Waals surface area (Å²) in [5, 5.41) is 0. The lowest BCUT2D eigenvalue weighted by atomic mass is 9.82. The van der Waals surface area contributed by atoms with Crippen LogP contribution in [0.25, 0.3) is 0 Å². The Hall–Kier alpha value is -1.71. The molecule has 0 aromatic heterocycles. The highest BCUT2D eigenvalue weighted by Gasteiger charge is 2.26. The molecular weight excluding hydrogens is 298 g/mol. The standard InChI is InChI=1S/C19H24F2O2/c1-2-3-4-5-6-14-7-9-15(10-8-14)19(22)23-16-11-12-17(20)18(21)13-16/h5-6,11-15H,2-4,7-10H2,1H3/b6-5+/t14-,15-. The molecule has 1 saturated carbocycles. The average molecular weight is 322 g/mol. The summed E-state index contributed by atoms with van der Waals surface area (Å²) in [6, 6.07) is 3.16. The van der Waals surface area contributed by atoms with Crippen LogP contribution >= 0.6 is 0 Å². The molecule has 0 saturated heterocycles. The largest absolute Gasteiger partial charge is 0.426 e. The van der Waals surface area contributed by atoms with Gasteiger partial charge in [-0.05, 0) is 50.2 Å². The van der Waals surface area contributed by atoms with Gasteiger partial charge >= 0.3 is 5.97 Å². The third-order valence-corrected chi connectivity index (χ3v) is 4.35. The van der Waals surface area contributed by atoms with Gasteiger partial charge in [-0.15, -0.1) is 0 Å². The minimum Gasteiger partial charge on any atom is -0.426 e. The molecule has 0 unspecified atom stereocenters. The normalized spacial score (nSPS) is 21.5. The van der Waals surface area contributed by atoms with E-state index >= 15 is 0 Å². The van der Waals surface area contributed by atoms with Crippen molar-refractivity contribution in [2.75, 3.05) is 0 Å². The van der Waals surface area contributed by atoms with Gasteiger partial charge in [-0.3, -0.25) is 4.79 Å². The van der Waals surface area contributed by atoms with Crippen LogP contribution < -0.4 is 4.74 Å². The van der Waals surface area contributed by atoms with Crippen LogP contribution in [0.4, 0.5) is 8.78 Å². The summed E-state index contributed by atoms with van der Waals surface area (Å²) >= 11 is 0. The minimum absolute atomic E-state index is 0.0653. The molecule has 1 aromatic carbocycles. The van der Waals surface area contributed by atoms with Gasteiger partial charge in [-0.25, -0.2) is 8.78 Å². The Morgan fingerprint density at radius 3 is 2.61 bits per heavy atom. The van der Waals surface area contributed by atoms with E-state index in [-0.39, 0.29) is 17.6 Å². The second kappa shape index (κ2) is 8.80. The predicted octanol–water partition coefficient (Wildman–Crippen LogP) is 5.42. The van der Waals surface area contributed by atoms with Crippen molar-refractivity contribution in [3.8, 4) is 5.75 Å². The summed E-state index contributed by atoms with van der Waals surface area (Å²) in [5.41, 5.74) is 0. The van der Waals surface area contributed by atoms with Crippen molar-refractivity contribution in [2.45, 2.75) is 51.9 Å². The van der Waals surface area contributed by atoms with Gasteiger partial charge in [0, 0.05) is 6.07 Å². The number of hydrogen-bond acceptors (Lipinski definition) is 2. The second-order valence-electron chi connectivity index (χ2n) is 6.18. The molecule has 126 valence electrons. The van der Waals surface area contributed by atoms with Crippen molar-refractivity contribution in [1.82, 2.24) is 0 Å². The molecule has 23 heavy (non-hydrogen) atoms. The van der Waals surface area contributed by atoms with Crippen molar-refractivity contribution in [3.63, 3.8) is 0 Å². The van der Waals surface area contributed by atoms with Crippen LogP contribution in [0.15, 0.2) is 30.4 Å². The Morgan fingerprint density at radius 2 is 1.96 bits per heavy atom. The summed E-state index contributed by atoms with van der Waals surface area (Å²) in [5.74, 6) is -1.83. The number of benzene rings is 1. The van der Waals surface area contributed by atoms with Gasteiger partial charge in [0.25, 0.3) is 0 Å². The van der Waals surface area contributed by atoms with Crippen molar-refractivity contribution < 1.29 is 18.3 Å². The molecule has 0 radical (unpaired) electrons. The van der Waals surface area contributed by atoms with E-state index in [0.29, 0.717) is 5.92 Å². The van der Waals surface area contributed by atoms with Crippen molar-refractivity contribution in [3.05, 3.63) is 42.0 Å². The average Bonchev–Trinajstić information content (AvgIpc) is 2.55.